The average Bonchev–Trinajstić information content (AvgIpc) is 2.06. The summed E-state index contributed by atoms with van der Waals surface area (Å²) in [5, 5.41) is 8.37. The fourth-order valence-electron chi connectivity index (χ4n) is 0.760. The molecular weight excluding hydrogens is 190 g/mol. The van der Waals surface area contributed by atoms with E-state index in [1.807, 2.05) is 36.4 Å². The first kappa shape index (κ1) is 9.44. The van der Waals surface area contributed by atoms with Crippen molar-refractivity contribution in [1.82, 2.24) is 0 Å². The molecule has 12 heavy (non-hydrogen) atoms. The molecule has 1 rings (SSSR count). The summed E-state index contributed by atoms with van der Waals surface area (Å²) in [4.78, 5) is 1.10. The molecule has 0 aliphatic rings. The van der Waals surface area contributed by atoms with E-state index in [-0.39, 0.29) is 4.71 Å². The van der Waals surface area contributed by atoms with Crippen molar-refractivity contribution in [2.75, 3.05) is 0 Å². The van der Waals surface area contributed by atoms with Gasteiger partial charge in [0.1, 0.15) is 0 Å². The average molecular weight is 198 g/mol. The third-order valence-electron chi connectivity index (χ3n) is 1.26. The highest BCUT2D eigenvalue weighted by Gasteiger charge is 2.04. The molecule has 0 aromatic heterocycles. The van der Waals surface area contributed by atoms with Crippen molar-refractivity contribution in [2.45, 2.75) is 16.0 Å². The van der Waals surface area contributed by atoms with Crippen LogP contribution in [0.25, 0.3) is 0 Å². The molecule has 0 N–H and O–H groups in total. The van der Waals surface area contributed by atoms with Gasteiger partial charge in [-0.1, -0.05) is 18.2 Å². The molecule has 0 aliphatic heterocycles. The molecule has 0 radical (unpaired) electrons. The van der Waals surface area contributed by atoms with Crippen molar-refractivity contribution in [1.29, 1.82) is 5.26 Å². The third kappa shape index (κ3) is 3.17. The quantitative estimate of drug-likeness (QED) is 0.549. The lowest BCUT2D eigenvalue weighted by Crippen LogP contribution is -1.88. The highest BCUT2D eigenvalue weighted by Crippen LogP contribution is 2.27. The molecule has 62 valence electrons. The van der Waals surface area contributed by atoms with Gasteiger partial charge in [0, 0.05) is 4.90 Å². The van der Waals surface area contributed by atoms with Crippen LogP contribution in [0.5, 0.6) is 0 Å². The Balaban J connectivity index is 2.48. The van der Waals surface area contributed by atoms with E-state index in [9.17, 15) is 0 Å². The molecule has 1 aromatic rings. The van der Waals surface area contributed by atoms with E-state index in [0.717, 1.165) is 4.90 Å². The summed E-state index contributed by atoms with van der Waals surface area (Å²) in [5.41, 5.74) is 0. The molecule has 1 aromatic carbocycles. The Morgan fingerprint density at radius 3 is 2.67 bits per heavy atom. The molecule has 0 spiro atoms. The monoisotopic (exact) mass is 197 g/mol. The van der Waals surface area contributed by atoms with Gasteiger partial charge < -0.3 is 0 Å². The summed E-state index contributed by atoms with van der Waals surface area (Å²) in [6, 6.07) is 11.9. The van der Waals surface area contributed by atoms with Crippen LogP contribution < -0.4 is 0 Å². The summed E-state index contributed by atoms with van der Waals surface area (Å²) in [6.45, 7) is 0. The van der Waals surface area contributed by atoms with Crippen LogP contribution in [-0.4, -0.2) is 4.71 Å². The van der Waals surface area contributed by atoms with Crippen LogP contribution in [0.1, 0.15) is 6.42 Å². The van der Waals surface area contributed by atoms with Gasteiger partial charge in [0.25, 0.3) is 0 Å². The summed E-state index contributed by atoms with van der Waals surface area (Å²) in [5.74, 6) is 0. The fraction of sp³-hybridized carbons (Fsp3) is 0.222. The number of benzene rings is 1. The highest BCUT2D eigenvalue weighted by atomic mass is 35.5. The Bertz CT molecular complexity index is 268. The van der Waals surface area contributed by atoms with Gasteiger partial charge in [-0.2, -0.15) is 5.26 Å². The lowest BCUT2D eigenvalue weighted by Gasteiger charge is -2.03. The second kappa shape index (κ2) is 5.08. The first-order valence-electron chi connectivity index (χ1n) is 3.55. The number of nitriles is 1. The minimum Gasteiger partial charge on any atom is -0.198 e. The van der Waals surface area contributed by atoms with Crippen LogP contribution in [0.3, 0.4) is 0 Å². The number of nitrogens with zero attached hydrogens (tertiary/aromatic N) is 1. The van der Waals surface area contributed by atoms with Crippen molar-refractivity contribution in [3.63, 3.8) is 0 Å². The normalized spacial score (nSPS) is 12.0. The van der Waals surface area contributed by atoms with Gasteiger partial charge in [-0.05, 0) is 12.1 Å². The standard InChI is InChI=1S/C9H8ClNS/c10-9(6-7-11)12-8-4-2-1-3-5-8/h1-5,9H,6H2. The number of rotatable bonds is 3. The summed E-state index contributed by atoms with van der Waals surface area (Å²) in [7, 11) is 0. The number of alkyl halides is 1. The molecule has 0 aliphatic carbocycles. The molecule has 1 atom stereocenters. The summed E-state index contributed by atoms with van der Waals surface area (Å²) >= 11 is 7.37. The third-order valence-corrected chi connectivity index (χ3v) is 2.65. The van der Waals surface area contributed by atoms with E-state index < -0.39 is 0 Å². The maximum Gasteiger partial charge on any atom is 0.0965 e. The van der Waals surface area contributed by atoms with Crippen LogP contribution in [0.4, 0.5) is 0 Å². The van der Waals surface area contributed by atoms with Crippen LogP contribution in [-0.2, 0) is 0 Å². The molecule has 1 unspecified atom stereocenters. The molecule has 0 fully saturated rings. The summed E-state index contributed by atoms with van der Waals surface area (Å²) < 4.78 is -0.141. The van der Waals surface area contributed by atoms with Crippen LogP contribution >= 0.6 is 23.4 Å². The number of hydrogen-bond donors (Lipinski definition) is 0. The highest BCUT2D eigenvalue weighted by molar-refractivity contribution is 8.01. The van der Waals surface area contributed by atoms with Crippen molar-refractivity contribution in [3.05, 3.63) is 30.3 Å². The summed E-state index contributed by atoms with van der Waals surface area (Å²) in [6.07, 6.45) is 0.376. The Hall–Kier alpha value is -0.650. The Kier molecular flexibility index (Phi) is 3.99. The number of thioether (sulfide) groups is 1. The zero-order valence-electron chi connectivity index (χ0n) is 6.40. The molecule has 0 saturated carbocycles. The number of hydrogen-bond acceptors (Lipinski definition) is 2. The van der Waals surface area contributed by atoms with Gasteiger partial charge in [-0.15, -0.1) is 23.4 Å². The molecule has 0 amide bonds. The number of halogens is 1. The van der Waals surface area contributed by atoms with E-state index in [1.165, 1.54) is 11.8 Å². The van der Waals surface area contributed by atoms with E-state index in [0.29, 0.717) is 6.42 Å². The molecule has 0 saturated heterocycles. The molecule has 0 bridgehead atoms. The van der Waals surface area contributed by atoms with Crippen LogP contribution in [0, 0.1) is 11.3 Å². The molecule has 1 nitrogen and oxygen atoms in total. The zero-order chi connectivity index (χ0) is 8.81. The largest absolute Gasteiger partial charge is 0.198 e. The molecule has 3 heteroatoms. The second-order valence-electron chi connectivity index (χ2n) is 2.20. The maximum absolute atomic E-state index is 8.37. The predicted molar refractivity (Wildman–Crippen MR) is 52.2 cm³/mol. The van der Waals surface area contributed by atoms with Crippen LogP contribution in [0.15, 0.2) is 35.2 Å². The lowest BCUT2D eigenvalue weighted by atomic mass is 10.4. The van der Waals surface area contributed by atoms with Gasteiger partial charge in [-0.3, -0.25) is 0 Å². The van der Waals surface area contributed by atoms with Crippen molar-refractivity contribution in [2.24, 2.45) is 0 Å². The Morgan fingerprint density at radius 2 is 2.08 bits per heavy atom. The first-order chi connectivity index (χ1) is 5.83. The predicted octanol–water partition coefficient (Wildman–Crippen LogP) is 3.26. The van der Waals surface area contributed by atoms with Gasteiger partial charge in [0.2, 0.25) is 0 Å². The first-order valence-corrected chi connectivity index (χ1v) is 4.87. The Morgan fingerprint density at radius 1 is 1.42 bits per heavy atom. The fourth-order valence-corrected chi connectivity index (χ4v) is 1.91. The minimum absolute atomic E-state index is 0.141. The lowest BCUT2D eigenvalue weighted by molar-refractivity contribution is 1.17. The van der Waals surface area contributed by atoms with Gasteiger partial charge in [0.15, 0.2) is 0 Å². The minimum atomic E-state index is -0.141. The van der Waals surface area contributed by atoms with Gasteiger partial charge in [-0.25, -0.2) is 0 Å². The molecular formula is C9H8ClNS. The van der Waals surface area contributed by atoms with Crippen LogP contribution in [0.2, 0.25) is 0 Å². The van der Waals surface area contributed by atoms with E-state index in [1.54, 1.807) is 0 Å². The van der Waals surface area contributed by atoms with Crippen molar-refractivity contribution >= 4 is 23.4 Å². The van der Waals surface area contributed by atoms with Crippen molar-refractivity contribution < 1.29 is 0 Å². The van der Waals surface area contributed by atoms with E-state index in [2.05, 4.69) is 0 Å². The van der Waals surface area contributed by atoms with Crippen molar-refractivity contribution in [3.8, 4) is 6.07 Å². The zero-order valence-corrected chi connectivity index (χ0v) is 7.98. The SMILES string of the molecule is N#CCC(Cl)Sc1ccccc1. The maximum atomic E-state index is 8.37. The van der Waals surface area contributed by atoms with E-state index in [4.69, 9.17) is 16.9 Å². The topological polar surface area (TPSA) is 23.8 Å². The Labute approximate surface area is 81.3 Å². The van der Waals surface area contributed by atoms with Gasteiger partial charge in [0.05, 0.1) is 17.2 Å². The van der Waals surface area contributed by atoms with Gasteiger partial charge >= 0.3 is 0 Å². The smallest absolute Gasteiger partial charge is 0.0965 e. The van der Waals surface area contributed by atoms with E-state index >= 15 is 0 Å². The molecule has 0 heterocycles. The second-order valence-corrected chi connectivity index (χ2v) is 4.26.